The zero-order valence-corrected chi connectivity index (χ0v) is 26.3. The van der Waals surface area contributed by atoms with Gasteiger partial charge in [0, 0.05) is 0 Å². The van der Waals surface area contributed by atoms with Crippen LogP contribution in [0.15, 0.2) is 0 Å². The van der Waals surface area contributed by atoms with E-state index in [9.17, 15) is 4.57 Å². The third kappa shape index (κ3) is 29.0. The highest BCUT2D eigenvalue weighted by molar-refractivity contribution is 7.48. The van der Waals surface area contributed by atoms with Crippen LogP contribution in [0.3, 0.4) is 0 Å². The number of rotatable bonds is 33. The Balaban J connectivity index is 4.07. The molecule has 0 unspecified atom stereocenters. The molecule has 0 aromatic rings. The summed E-state index contributed by atoms with van der Waals surface area (Å²) >= 11 is 0. The van der Waals surface area contributed by atoms with E-state index in [0.29, 0.717) is 19.8 Å². The van der Waals surface area contributed by atoms with Crippen molar-refractivity contribution in [2.45, 2.75) is 175 Å². The van der Waals surface area contributed by atoms with Crippen LogP contribution >= 0.6 is 7.82 Å². The van der Waals surface area contributed by atoms with Crippen LogP contribution in [0, 0.1) is 0 Å². The van der Waals surface area contributed by atoms with Crippen molar-refractivity contribution in [3.05, 3.63) is 0 Å². The molecule has 8 heteroatoms. The molecule has 0 spiro atoms. The first-order valence-electron chi connectivity index (χ1n) is 16.2. The molecule has 0 radical (unpaired) electrons. The van der Waals surface area contributed by atoms with Gasteiger partial charge >= 0.3 is 7.82 Å². The Labute approximate surface area is 235 Å². The zero-order chi connectivity index (χ0) is 27.8. The molecule has 0 aliphatic rings. The minimum absolute atomic E-state index is 0.321. The third-order valence-electron chi connectivity index (χ3n) is 6.68. The first-order valence-corrected chi connectivity index (χ1v) is 17.7. The monoisotopic (exact) mass is 566 g/mol. The van der Waals surface area contributed by atoms with E-state index in [2.05, 4.69) is 20.8 Å². The predicted molar refractivity (Wildman–Crippen MR) is 157 cm³/mol. The predicted octanol–water partition coefficient (Wildman–Crippen LogP) is 11.4. The summed E-state index contributed by atoms with van der Waals surface area (Å²) < 4.78 is 27.9. The van der Waals surface area contributed by atoms with Crippen LogP contribution < -0.4 is 0 Å². The Hall–Kier alpha value is -0.0100. The molecule has 0 aliphatic carbocycles. The van der Waals surface area contributed by atoms with Gasteiger partial charge in [-0.1, -0.05) is 156 Å². The van der Waals surface area contributed by atoms with E-state index >= 15 is 0 Å². The molecule has 38 heavy (non-hydrogen) atoms. The molecule has 0 aromatic carbocycles. The lowest BCUT2D eigenvalue weighted by Gasteiger charge is -2.15. The quantitative estimate of drug-likeness (QED) is 0.0338. The van der Waals surface area contributed by atoms with Crippen molar-refractivity contribution in [1.29, 1.82) is 0 Å². The van der Waals surface area contributed by atoms with Gasteiger partial charge in [-0.2, -0.15) is 0 Å². The lowest BCUT2D eigenvalue weighted by molar-refractivity contribution is -0.325. The van der Waals surface area contributed by atoms with Crippen LogP contribution in [-0.4, -0.2) is 19.8 Å². The Bertz CT molecular complexity index is 427. The van der Waals surface area contributed by atoms with Gasteiger partial charge in [0.05, 0.1) is 19.8 Å². The maximum absolute atomic E-state index is 12.9. The Morgan fingerprint density at radius 2 is 0.553 bits per heavy atom. The van der Waals surface area contributed by atoms with Gasteiger partial charge in [0.25, 0.3) is 0 Å². The second kappa shape index (κ2) is 31.5. The Morgan fingerprint density at radius 1 is 0.342 bits per heavy atom. The van der Waals surface area contributed by atoms with Crippen molar-refractivity contribution in [1.82, 2.24) is 0 Å². The molecular weight excluding hydrogens is 503 g/mol. The number of unbranched alkanes of at least 4 members (excludes halogenated alkanes) is 21. The number of hydrogen-bond acceptors (Lipinski definition) is 7. The largest absolute Gasteiger partial charge is 0.556 e. The average Bonchev–Trinajstić information content (AvgIpc) is 2.92. The van der Waals surface area contributed by atoms with E-state index < -0.39 is 7.82 Å². The molecule has 0 rings (SSSR count). The van der Waals surface area contributed by atoms with Crippen LogP contribution in [0.5, 0.6) is 0 Å². The van der Waals surface area contributed by atoms with Crippen LogP contribution in [0.2, 0.25) is 0 Å². The van der Waals surface area contributed by atoms with Crippen LogP contribution in [0.4, 0.5) is 0 Å². The van der Waals surface area contributed by atoms with E-state index in [-0.39, 0.29) is 0 Å². The van der Waals surface area contributed by atoms with Crippen molar-refractivity contribution in [3.63, 3.8) is 0 Å². The fourth-order valence-electron chi connectivity index (χ4n) is 4.23. The zero-order valence-electron chi connectivity index (χ0n) is 25.4. The topological polar surface area (TPSA) is 72.5 Å². The van der Waals surface area contributed by atoms with Crippen molar-refractivity contribution in [2.75, 3.05) is 19.8 Å². The summed E-state index contributed by atoms with van der Waals surface area (Å²) in [4.78, 5) is 15.5. The lowest BCUT2D eigenvalue weighted by atomic mass is 10.1. The fraction of sp³-hybridized carbons (Fsp3) is 1.00. The Morgan fingerprint density at radius 3 is 0.789 bits per heavy atom. The standard InChI is InChI=1S/C30H63O7P/c1-4-7-10-13-16-19-22-25-28-32-35-38(31,36-33-29-26-23-20-17-14-11-8-5-2)37-34-30-27-24-21-18-15-12-9-6-3/h4-30H2,1-3H3. The molecule has 0 saturated carbocycles. The highest BCUT2D eigenvalue weighted by Gasteiger charge is 2.32. The van der Waals surface area contributed by atoms with Crippen molar-refractivity contribution >= 4 is 7.82 Å². The molecule has 0 amide bonds. The molecule has 0 fully saturated rings. The highest BCUT2D eigenvalue weighted by Crippen LogP contribution is 2.50. The molecule has 0 N–H and O–H groups in total. The molecule has 0 aromatic heterocycles. The first kappa shape index (κ1) is 38.0. The lowest BCUT2D eigenvalue weighted by Crippen LogP contribution is -2.06. The van der Waals surface area contributed by atoms with E-state index in [0.717, 1.165) is 38.5 Å². The van der Waals surface area contributed by atoms with Gasteiger partial charge in [0.15, 0.2) is 0 Å². The van der Waals surface area contributed by atoms with Gasteiger partial charge in [-0.15, -0.1) is 14.0 Å². The average molecular weight is 567 g/mol. The van der Waals surface area contributed by atoms with Gasteiger partial charge < -0.3 is 0 Å². The summed E-state index contributed by atoms with van der Waals surface area (Å²) in [7, 11) is -4.11. The molecule has 0 bridgehead atoms. The second-order valence-electron chi connectivity index (χ2n) is 10.6. The van der Waals surface area contributed by atoms with Gasteiger partial charge in [-0.25, -0.2) is 19.2 Å². The smallest absolute Gasteiger partial charge is 0.226 e. The van der Waals surface area contributed by atoms with E-state index in [1.807, 2.05) is 0 Å². The maximum atomic E-state index is 12.9. The normalized spacial score (nSPS) is 12.0. The number of phosphoric acid groups is 1. The second-order valence-corrected chi connectivity index (χ2v) is 11.9. The summed E-state index contributed by atoms with van der Waals surface area (Å²) in [5, 5.41) is 0. The summed E-state index contributed by atoms with van der Waals surface area (Å²) in [6, 6.07) is 0. The van der Waals surface area contributed by atoms with Gasteiger partial charge in [-0.05, 0) is 19.3 Å². The molecular formula is C30H63O7P. The van der Waals surface area contributed by atoms with Crippen LogP contribution in [-0.2, 0) is 33.3 Å². The summed E-state index contributed by atoms with van der Waals surface area (Å²) in [6.45, 7) is 7.65. The molecule has 0 heterocycles. The van der Waals surface area contributed by atoms with E-state index in [1.165, 1.54) is 116 Å². The molecule has 0 atom stereocenters. The van der Waals surface area contributed by atoms with Crippen molar-refractivity contribution in [3.8, 4) is 0 Å². The summed E-state index contributed by atoms with van der Waals surface area (Å²) in [6.07, 6.45) is 28.4. The molecule has 230 valence electrons. The summed E-state index contributed by atoms with van der Waals surface area (Å²) in [5.74, 6) is 0. The number of hydrogen-bond donors (Lipinski definition) is 0. The van der Waals surface area contributed by atoms with Crippen LogP contribution in [0.25, 0.3) is 0 Å². The highest BCUT2D eigenvalue weighted by atomic mass is 31.2. The van der Waals surface area contributed by atoms with Crippen LogP contribution in [0.1, 0.15) is 175 Å². The molecule has 0 aliphatic heterocycles. The first-order chi connectivity index (χ1) is 18.7. The third-order valence-corrected chi connectivity index (χ3v) is 7.54. The Kier molecular flexibility index (Phi) is 31.5. The van der Waals surface area contributed by atoms with E-state index in [4.69, 9.17) is 28.7 Å². The minimum atomic E-state index is -4.11. The summed E-state index contributed by atoms with van der Waals surface area (Å²) in [5.41, 5.74) is 0. The maximum Gasteiger partial charge on any atom is 0.556 e. The van der Waals surface area contributed by atoms with Gasteiger partial charge in [-0.3, -0.25) is 0 Å². The SMILES string of the molecule is CCCCCCCCCCOOP(=O)(OOCCCCCCCCCC)OOCCCCCCCCCC. The van der Waals surface area contributed by atoms with Gasteiger partial charge in [0.2, 0.25) is 0 Å². The van der Waals surface area contributed by atoms with Crippen molar-refractivity contribution < 1.29 is 33.3 Å². The molecule has 0 saturated heterocycles. The minimum Gasteiger partial charge on any atom is -0.226 e. The van der Waals surface area contributed by atoms with E-state index in [1.54, 1.807) is 0 Å². The van der Waals surface area contributed by atoms with Crippen molar-refractivity contribution in [2.24, 2.45) is 0 Å². The molecule has 7 nitrogen and oxygen atoms in total. The fourth-order valence-corrected chi connectivity index (χ4v) is 4.91. The van der Waals surface area contributed by atoms with Gasteiger partial charge in [0.1, 0.15) is 0 Å².